The van der Waals surface area contributed by atoms with E-state index < -0.39 is 24.2 Å². The fraction of sp³-hybridized carbons (Fsp3) is 0.562. The van der Waals surface area contributed by atoms with E-state index in [0.29, 0.717) is 29.8 Å². The quantitative estimate of drug-likeness (QED) is 0.714. The van der Waals surface area contributed by atoms with Gasteiger partial charge in [-0.25, -0.2) is 9.97 Å². The second-order valence-electron chi connectivity index (χ2n) is 6.44. The molecule has 1 saturated heterocycles. The first-order valence-electron chi connectivity index (χ1n) is 8.39. The van der Waals surface area contributed by atoms with Crippen LogP contribution in [-0.4, -0.2) is 53.3 Å². The molecule has 0 radical (unpaired) electrons. The highest BCUT2D eigenvalue weighted by molar-refractivity contribution is 5.88. The van der Waals surface area contributed by atoms with Crippen LogP contribution in [0.2, 0.25) is 0 Å². The zero-order valence-electron chi connectivity index (χ0n) is 14.5. The highest BCUT2D eigenvalue weighted by atomic mass is 19.4. The van der Waals surface area contributed by atoms with Gasteiger partial charge in [0.15, 0.2) is 0 Å². The molecule has 142 valence electrons. The molecular formula is C16H21F3N6O. The van der Waals surface area contributed by atoms with Gasteiger partial charge in [0, 0.05) is 19.8 Å². The lowest BCUT2D eigenvalue weighted by atomic mass is 9.99. The Balaban J connectivity index is 1.89. The Kier molecular flexibility index (Phi) is 5.03. The molecule has 0 bridgehead atoms. The van der Waals surface area contributed by atoms with E-state index in [4.69, 9.17) is 0 Å². The van der Waals surface area contributed by atoms with Crippen molar-refractivity contribution in [2.45, 2.75) is 32.1 Å². The van der Waals surface area contributed by atoms with Gasteiger partial charge in [-0.15, -0.1) is 0 Å². The molecule has 26 heavy (non-hydrogen) atoms. The van der Waals surface area contributed by atoms with Crippen LogP contribution in [0.1, 0.15) is 18.7 Å². The number of carbonyl (C=O) groups excluding carboxylic acids is 1. The van der Waals surface area contributed by atoms with Crippen molar-refractivity contribution in [1.29, 1.82) is 0 Å². The number of carbonyl (C=O) groups is 1. The molecule has 0 aromatic carbocycles. The van der Waals surface area contributed by atoms with Crippen LogP contribution >= 0.6 is 0 Å². The molecule has 2 aromatic heterocycles. The number of nitrogens with zero attached hydrogens (tertiary/aromatic N) is 3. The van der Waals surface area contributed by atoms with Crippen molar-refractivity contribution in [2.75, 3.05) is 25.0 Å². The number of fused-ring (bicyclic) bond motifs is 1. The first-order chi connectivity index (χ1) is 12.3. The molecule has 1 aliphatic rings. The molecule has 0 spiro atoms. The molecule has 2 atom stereocenters. The van der Waals surface area contributed by atoms with Gasteiger partial charge in [0.1, 0.15) is 17.3 Å². The van der Waals surface area contributed by atoms with Crippen molar-refractivity contribution in [2.24, 2.45) is 5.92 Å². The maximum absolute atomic E-state index is 13.7. The van der Waals surface area contributed by atoms with Gasteiger partial charge in [-0.2, -0.15) is 13.2 Å². The van der Waals surface area contributed by atoms with Gasteiger partial charge in [0.2, 0.25) is 12.1 Å². The molecule has 10 heteroatoms. The fourth-order valence-electron chi connectivity index (χ4n) is 3.15. The second-order valence-corrected chi connectivity index (χ2v) is 6.44. The Hall–Kier alpha value is -2.36. The molecule has 1 fully saturated rings. The number of piperidine rings is 1. The number of hydrogen-bond acceptors (Lipinski definition) is 5. The van der Waals surface area contributed by atoms with Crippen molar-refractivity contribution >= 4 is 22.8 Å². The number of alkyl halides is 3. The topological polar surface area (TPSA) is 85.9 Å². The van der Waals surface area contributed by atoms with E-state index in [2.05, 4.69) is 25.6 Å². The lowest BCUT2D eigenvalue weighted by molar-refractivity contribution is -0.162. The number of anilines is 1. The monoisotopic (exact) mass is 370 g/mol. The van der Waals surface area contributed by atoms with E-state index in [-0.39, 0.29) is 5.82 Å². The summed E-state index contributed by atoms with van der Waals surface area (Å²) in [5.74, 6) is -0.632. The predicted octanol–water partition coefficient (Wildman–Crippen LogP) is 1.71. The summed E-state index contributed by atoms with van der Waals surface area (Å²) in [6.07, 6.45) is -3.91. The normalized spacial score (nSPS) is 19.3. The van der Waals surface area contributed by atoms with Crippen LogP contribution in [0.15, 0.2) is 12.3 Å². The largest absolute Gasteiger partial charge is 0.427 e. The zero-order chi connectivity index (χ0) is 18.9. The first-order valence-corrected chi connectivity index (χ1v) is 8.39. The maximum Gasteiger partial charge on any atom is 0.427 e. The van der Waals surface area contributed by atoms with Crippen LogP contribution in [0.4, 0.5) is 19.0 Å². The van der Waals surface area contributed by atoms with E-state index in [1.807, 2.05) is 0 Å². The second kappa shape index (κ2) is 7.10. The SMILES string of the molecule is Cc1nc(N(C)C(NC(=O)C2CCCNC2)C(F)(F)F)c2cc[nH]c2n1. The zero-order valence-corrected chi connectivity index (χ0v) is 14.5. The van der Waals surface area contributed by atoms with Gasteiger partial charge >= 0.3 is 6.18 Å². The van der Waals surface area contributed by atoms with E-state index in [1.165, 1.54) is 7.05 Å². The third-order valence-electron chi connectivity index (χ3n) is 4.49. The van der Waals surface area contributed by atoms with Crippen LogP contribution in [0.3, 0.4) is 0 Å². The van der Waals surface area contributed by atoms with Crippen molar-refractivity contribution in [1.82, 2.24) is 25.6 Å². The number of nitrogens with one attached hydrogen (secondary N) is 3. The summed E-state index contributed by atoms with van der Waals surface area (Å²) < 4.78 is 41.1. The minimum atomic E-state index is -4.66. The van der Waals surface area contributed by atoms with Gasteiger partial charge in [0.25, 0.3) is 0 Å². The fourth-order valence-corrected chi connectivity index (χ4v) is 3.15. The Labute approximate surface area is 148 Å². The Bertz CT molecular complexity index is 784. The van der Waals surface area contributed by atoms with Crippen LogP contribution in [0.25, 0.3) is 11.0 Å². The molecule has 2 aromatic rings. The van der Waals surface area contributed by atoms with Crippen molar-refractivity contribution < 1.29 is 18.0 Å². The number of hydrogen-bond donors (Lipinski definition) is 3. The molecule has 3 heterocycles. The lowest BCUT2D eigenvalue weighted by Crippen LogP contribution is -2.58. The highest BCUT2D eigenvalue weighted by Crippen LogP contribution is 2.30. The average molecular weight is 370 g/mol. The number of halogens is 3. The van der Waals surface area contributed by atoms with Gasteiger partial charge in [-0.05, 0) is 32.4 Å². The van der Waals surface area contributed by atoms with E-state index in [1.54, 1.807) is 19.2 Å². The highest BCUT2D eigenvalue weighted by Gasteiger charge is 2.45. The molecule has 1 amide bonds. The Morgan fingerprint density at radius 1 is 1.42 bits per heavy atom. The molecule has 3 N–H and O–H groups in total. The smallest absolute Gasteiger partial charge is 0.346 e. The summed E-state index contributed by atoms with van der Waals surface area (Å²) >= 11 is 0. The van der Waals surface area contributed by atoms with Gasteiger partial charge in [-0.1, -0.05) is 0 Å². The number of rotatable bonds is 4. The third-order valence-corrected chi connectivity index (χ3v) is 4.49. The Morgan fingerprint density at radius 3 is 2.85 bits per heavy atom. The third kappa shape index (κ3) is 3.74. The molecule has 1 aliphatic heterocycles. The van der Waals surface area contributed by atoms with E-state index in [0.717, 1.165) is 17.9 Å². The number of amides is 1. The van der Waals surface area contributed by atoms with Crippen molar-refractivity contribution in [3.63, 3.8) is 0 Å². The average Bonchev–Trinajstić information content (AvgIpc) is 3.06. The molecule has 0 saturated carbocycles. The van der Waals surface area contributed by atoms with Crippen LogP contribution < -0.4 is 15.5 Å². The van der Waals surface area contributed by atoms with Crippen molar-refractivity contribution in [3.8, 4) is 0 Å². The molecule has 0 aliphatic carbocycles. The van der Waals surface area contributed by atoms with Crippen LogP contribution in [-0.2, 0) is 4.79 Å². The minimum absolute atomic E-state index is 0.109. The van der Waals surface area contributed by atoms with Gasteiger partial charge in [-0.3, -0.25) is 4.79 Å². The summed E-state index contributed by atoms with van der Waals surface area (Å²) in [4.78, 5) is 24.5. The molecular weight excluding hydrogens is 349 g/mol. The summed E-state index contributed by atoms with van der Waals surface area (Å²) in [6.45, 7) is 2.76. The Morgan fingerprint density at radius 2 is 2.19 bits per heavy atom. The summed E-state index contributed by atoms with van der Waals surface area (Å²) in [5.41, 5.74) is 0.447. The number of H-pyrrole nitrogens is 1. The van der Waals surface area contributed by atoms with Crippen LogP contribution in [0, 0.1) is 12.8 Å². The van der Waals surface area contributed by atoms with Gasteiger partial charge in [0.05, 0.1) is 11.3 Å². The molecule has 3 rings (SSSR count). The lowest BCUT2D eigenvalue weighted by Gasteiger charge is -2.33. The van der Waals surface area contributed by atoms with Crippen LogP contribution in [0.5, 0.6) is 0 Å². The maximum atomic E-state index is 13.7. The standard InChI is InChI=1S/C16H21F3N6O/c1-9-22-12-11(5-7-21-12)13(23-9)25(2)15(16(17,18)19)24-14(26)10-4-3-6-20-8-10/h5,7,10,15,20H,3-4,6,8H2,1-2H3,(H,24,26)(H,21,22,23). The first kappa shape index (κ1) is 18.4. The van der Waals surface area contributed by atoms with Gasteiger partial charge < -0.3 is 20.5 Å². The molecule has 7 nitrogen and oxygen atoms in total. The number of aromatic nitrogens is 3. The predicted molar refractivity (Wildman–Crippen MR) is 90.6 cm³/mol. The van der Waals surface area contributed by atoms with E-state index >= 15 is 0 Å². The molecule has 2 unspecified atom stereocenters. The summed E-state index contributed by atoms with van der Waals surface area (Å²) in [6, 6.07) is 1.61. The summed E-state index contributed by atoms with van der Waals surface area (Å²) in [7, 11) is 1.27. The number of aromatic amines is 1. The minimum Gasteiger partial charge on any atom is -0.346 e. The summed E-state index contributed by atoms with van der Waals surface area (Å²) in [5, 5.41) is 5.65. The number of aryl methyl sites for hydroxylation is 1. The van der Waals surface area contributed by atoms with E-state index in [9.17, 15) is 18.0 Å². The van der Waals surface area contributed by atoms with Crippen molar-refractivity contribution in [3.05, 3.63) is 18.1 Å².